The first kappa shape index (κ1) is 21.5. The molecule has 0 saturated heterocycles. The van der Waals surface area contributed by atoms with Gasteiger partial charge in [-0.1, -0.05) is 50.2 Å². The lowest BCUT2D eigenvalue weighted by atomic mass is 10.1. The minimum atomic E-state index is -0.315. The number of amides is 1. The smallest absolute Gasteiger partial charge is 0.274 e. The molecule has 2 aromatic carbocycles. The summed E-state index contributed by atoms with van der Waals surface area (Å²) in [6.07, 6.45) is 0. The highest BCUT2D eigenvalue weighted by Gasteiger charge is 2.19. The molecular weight excluding hydrogens is 402 g/mol. The molecule has 4 rings (SSSR count). The number of aromatic nitrogens is 4. The largest absolute Gasteiger partial charge is 0.346 e. The zero-order chi connectivity index (χ0) is 22.8. The van der Waals surface area contributed by atoms with Crippen LogP contribution in [-0.2, 0) is 13.1 Å². The van der Waals surface area contributed by atoms with Crippen molar-refractivity contribution in [1.82, 2.24) is 24.9 Å². The van der Waals surface area contributed by atoms with Gasteiger partial charge in [-0.2, -0.15) is 10.2 Å². The fourth-order valence-corrected chi connectivity index (χ4v) is 3.88. The zero-order valence-electron chi connectivity index (χ0n) is 18.8. The summed E-state index contributed by atoms with van der Waals surface area (Å²) in [4.78, 5) is 26.0. The number of benzene rings is 2. The normalized spacial score (nSPS) is 11.3. The Morgan fingerprint density at radius 3 is 2.31 bits per heavy atom. The summed E-state index contributed by atoms with van der Waals surface area (Å²) in [5.74, 6) is -0.0867. The average molecular weight is 430 g/mol. The van der Waals surface area contributed by atoms with E-state index in [0.717, 1.165) is 22.6 Å². The quantitative estimate of drug-likeness (QED) is 0.506. The van der Waals surface area contributed by atoms with Crippen LogP contribution in [0.15, 0.2) is 59.4 Å². The third-order valence-electron chi connectivity index (χ3n) is 5.49. The monoisotopic (exact) mass is 429 g/mol. The molecule has 0 bridgehead atoms. The molecule has 1 amide bonds. The lowest BCUT2D eigenvalue weighted by Crippen LogP contribution is -2.31. The molecule has 0 aliphatic heterocycles. The second-order valence-corrected chi connectivity index (χ2v) is 8.35. The first-order chi connectivity index (χ1) is 15.4. The Morgan fingerprint density at radius 1 is 0.969 bits per heavy atom. The molecule has 2 aromatic heterocycles. The Balaban J connectivity index is 1.65. The van der Waals surface area contributed by atoms with Gasteiger partial charge in [0.15, 0.2) is 5.69 Å². The van der Waals surface area contributed by atoms with Crippen LogP contribution >= 0.6 is 0 Å². The first-order valence-corrected chi connectivity index (χ1v) is 10.8. The van der Waals surface area contributed by atoms with E-state index >= 15 is 0 Å². The molecule has 7 heteroatoms. The van der Waals surface area contributed by atoms with Crippen LogP contribution in [0.4, 0.5) is 0 Å². The lowest BCUT2D eigenvalue weighted by molar-refractivity contribution is 0.0945. The van der Waals surface area contributed by atoms with Gasteiger partial charge < -0.3 is 5.32 Å². The van der Waals surface area contributed by atoms with Crippen LogP contribution in [0.5, 0.6) is 0 Å². The molecule has 4 aromatic rings. The molecule has 0 aliphatic rings. The highest BCUT2D eigenvalue weighted by atomic mass is 16.2. The van der Waals surface area contributed by atoms with Crippen molar-refractivity contribution in [2.75, 3.05) is 0 Å². The number of para-hydroxylation sites is 1. The van der Waals surface area contributed by atoms with Gasteiger partial charge in [-0.15, -0.1) is 0 Å². The van der Waals surface area contributed by atoms with Crippen molar-refractivity contribution in [3.8, 4) is 5.69 Å². The number of hydrogen-bond donors (Lipinski definition) is 1. The van der Waals surface area contributed by atoms with Gasteiger partial charge in [-0.3, -0.25) is 9.59 Å². The number of hydrogen-bond acceptors (Lipinski definition) is 4. The van der Waals surface area contributed by atoms with Gasteiger partial charge in [0.1, 0.15) is 0 Å². The standard InChI is InChI=1S/C25H27N5O2/c1-16(2)15-29-25(32)21-13-9-8-12-20(21)23(28-29)24(31)26-14-22-17(3)27-30(18(22)4)19-10-6-5-7-11-19/h5-13,16H,14-15H2,1-4H3,(H,26,31). The summed E-state index contributed by atoms with van der Waals surface area (Å²) >= 11 is 0. The summed E-state index contributed by atoms with van der Waals surface area (Å²) in [7, 11) is 0. The minimum Gasteiger partial charge on any atom is -0.346 e. The SMILES string of the molecule is Cc1nn(-c2ccccc2)c(C)c1CNC(=O)c1nn(CC(C)C)c(=O)c2ccccc12. The molecule has 0 atom stereocenters. The van der Waals surface area contributed by atoms with Crippen molar-refractivity contribution in [1.29, 1.82) is 0 Å². The Bertz CT molecular complexity index is 1340. The Morgan fingerprint density at radius 2 is 1.62 bits per heavy atom. The molecule has 2 heterocycles. The number of carbonyl (C=O) groups excluding carboxylic acids is 1. The summed E-state index contributed by atoms with van der Waals surface area (Å²) in [6.45, 7) is 8.72. The maximum atomic E-state index is 13.2. The molecule has 0 spiro atoms. The van der Waals surface area contributed by atoms with Gasteiger partial charge >= 0.3 is 0 Å². The fourth-order valence-electron chi connectivity index (χ4n) is 3.88. The lowest BCUT2D eigenvalue weighted by Gasteiger charge is -2.13. The van der Waals surface area contributed by atoms with Gasteiger partial charge in [-0.05, 0) is 38.0 Å². The molecule has 0 radical (unpaired) electrons. The van der Waals surface area contributed by atoms with Gasteiger partial charge in [0, 0.05) is 29.7 Å². The van der Waals surface area contributed by atoms with Crippen LogP contribution in [0.2, 0.25) is 0 Å². The average Bonchev–Trinajstić information content (AvgIpc) is 3.07. The van der Waals surface area contributed by atoms with Crippen LogP contribution in [0.3, 0.4) is 0 Å². The maximum Gasteiger partial charge on any atom is 0.274 e. The third kappa shape index (κ3) is 4.06. The number of nitrogens with zero attached hydrogens (tertiary/aromatic N) is 4. The summed E-state index contributed by atoms with van der Waals surface area (Å²) in [5, 5.41) is 13.1. The number of aryl methyl sites for hydroxylation is 1. The van der Waals surface area contributed by atoms with E-state index in [-0.39, 0.29) is 23.1 Å². The maximum absolute atomic E-state index is 13.2. The summed E-state index contributed by atoms with van der Waals surface area (Å²) in [5.41, 5.74) is 3.83. The highest BCUT2D eigenvalue weighted by Crippen LogP contribution is 2.18. The molecule has 7 nitrogen and oxygen atoms in total. The Labute approximate surface area is 186 Å². The molecule has 0 aliphatic carbocycles. The van der Waals surface area contributed by atoms with Crippen LogP contribution in [0, 0.1) is 19.8 Å². The molecule has 32 heavy (non-hydrogen) atoms. The molecule has 164 valence electrons. The van der Waals surface area contributed by atoms with E-state index in [1.165, 1.54) is 4.68 Å². The molecule has 0 saturated carbocycles. The number of nitrogens with one attached hydrogen (secondary N) is 1. The van der Waals surface area contributed by atoms with Crippen LogP contribution in [-0.4, -0.2) is 25.5 Å². The van der Waals surface area contributed by atoms with Crippen molar-refractivity contribution < 1.29 is 4.79 Å². The van der Waals surface area contributed by atoms with Crippen LogP contribution in [0.1, 0.15) is 41.3 Å². The highest BCUT2D eigenvalue weighted by molar-refractivity contribution is 6.04. The van der Waals surface area contributed by atoms with E-state index in [1.54, 1.807) is 18.2 Å². The predicted molar refractivity (Wildman–Crippen MR) is 125 cm³/mol. The molecule has 1 N–H and O–H groups in total. The van der Waals surface area contributed by atoms with E-state index in [9.17, 15) is 9.59 Å². The van der Waals surface area contributed by atoms with Gasteiger partial charge in [0.05, 0.1) is 16.8 Å². The van der Waals surface area contributed by atoms with Gasteiger partial charge in [-0.25, -0.2) is 9.36 Å². The minimum absolute atomic E-state index is 0.179. The molecule has 0 fully saturated rings. The van der Waals surface area contributed by atoms with Crippen molar-refractivity contribution in [2.24, 2.45) is 5.92 Å². The Kier molecular flexibility index (Phi) is 5.90. The van der Waals surface area contributed by atoms with E-state index in [4.69, 9.17) is 0 Å². The van der Waals surface area contributed by atoms with Gasteiger partial charge in [0.25, 0.3) is 11.5 Å². The molecule has 0 unspecified atom stereocenters. The van der Waals surface area contributed by atoms with Crippen LogP contribution < -0.4 is 10.9 Å². The number of fused-ring (bicyclic) bond motifs is 1. The predicted octanol–water partition coefficient (Wildman–Crippen LogP) is 3.79. The number of rotatable bonds is 6. The van der Waals surface area contributed by atoms with Crippen LogP contribution in [0.25, 0.3) is 16.5 Å². The molecular formula is C25H27N5O2. The van der Waals surface area contributed by atoms with Crippen molar-refractivity contribution in [3.63, 3.8) is 0 Å². The fraction of sp³-hybridized carbons (Fsp3) is 0.280. The van der Waals surface area contributed by atoms with Crippen molar-refractivity contribution >= 4 is 16.7 Å². The van der Waals surface area contributed by atoms with E-state index < -0.39 is 0 Å². The zero-order valence-corrected chi connectivity index (χ0v) is 18.8. The van der Waals surface area contributed by atoms with Gasteiger partial charge in [0.2, 0.25) is 0 Å². The van der Waals surface area contributed by atoms with E-state index in [2.05, 4.69) is 15.5 Å². The number of carbonyl (C=O) groups is 1. The third-order valence-corrected chi connectivity index (χ3v) is 5.49. The first-order valence-electron chi connectivity index (χ1n) is 10.8. The second-order valence-electron chi connectivity index (χ2n) is 8.35. The summed E-state index contributed by atoms with van der Waals surface area (Å²) < 4.78 is 3.28. The second kappa shape index (κ2) is 8.78. The Hall–Kier alpha value is -3.74. The van der Waals surface area contributed by atoms with E-state index in [0.29, 0.717) is 23.9 Å². The van der Waals surface area contributed by atoms with Crippen molar-refractivity contribution in [2.45, 2.75) is 40.8 Å². The van der Waals surface area contributed by atoms with E-state index in [1.807, 2.05) is 68.8 Å². The summed E-state index contributed by atoms with van der Waals surface area (Å²) in [6, 6.07) is 17.0. The van der Waals surface area contributed by atoms with Crippen molar-refractivity contribution in [3.05, 3.63) is 87.6 Å². The topological polar surface area (TPSA) is 81.8 Å².